The second-order valence-electron chi connectivity index (χ2n) is 5.89. The van der Waals surface area contributed by atoms with Crippen LogP contribution in [0.4, 0.5) is 0 Å². The molecule has 96 valence electrons. The summed E-state index contributed by atoms with van der Waals surface area (Å²) in [6.45, 7) is 6.50. The fourth-order valence-electron chi connectivity index (χ4n) is 2.95. The molecule has 1 aromatic rings. The minimum Gasteiger partial charge on any atom is -0.390 e. The van der Waals surface area contributed by atoms with Gasteiger partial charge in [0, 0.05) is 18.8 Å². The third-order valence-corrected chi connectivity index (χ3v) is 4.07. The molecule has 2 rings (SSSR count). The fraction of sp³-hybridized carbons (Fsp3) is 0.786. The molecule has 2 atom stereocenters. The molecule has 1 aromatic heterocycles. The SMILES string of the molecule is CCCc1nccn1C1CCCC(C)(C)C1O. The van der Waals surface area contributed by atoms with Gasteiger partial charge in [-0.1, -0.05) is 27.2 Å². The van der Waals surface area contributed by atoms with Crippen LogP contribution in [-0.2, 0) is 6.42 Å². The van der Waals surface area contributed by atoms with Crippen LogP contribution < -0.4 is 0 Å². The standard InChI is InChI=1S/C14H24N2O/c1-4-6-12-15-9-10-16(12)11-7-5-8-14(2,3)13(11)17/h9-11,13,17H,4-8H2,1-3H3. The van der Waals surface area contributed by atoms with Crippen molar-refractivity contribution < 1.29 is 5.11 Å². The topological polar surface area (TPSA) is 38.0 Å². The van der Waals surface area contributed by atoms with E-state index in [-0.39, 0.29) is 17.6 Å². The highest BCUT2D eigenvalue weighted by atomic mass is 16.3. The van der Waals surface area contributed by atoms with E-state index in [2.05, 4.69) is 30.3 Å². The van der Waals surface area contributed by atoms with Gasteiger partial charge in [-0.15, -0.1) is 0 Å². The lowest BCUT2D eigenvalue weighted by Crippen LogP contribution is -2.41. The van der Waals surface area contributed by atoms with E-state index in [4.69, 9.17) is 0 Å². The molecule has 1 saturated carbocycles. The van der Waals surface area contributed by atoms with Crippen LogP contribution in [0.5, 0.6) is 0 Å². The summed E-state index contributed by atoms with van der Waals surface area (Å²) < 4.78 is 2.20. The number of imidazole rings is 1. The van der Waals surface area contributed by atoms with Gasteiger partial charge in [-0.3, -0.25) is 0 Å². The Balaban J connectivity index is 2.23. The number of aliphatic hydroxyl groups is 1. The Bertz CT molecular complexity index is 370. The Morgan fingerprint density at radius 2 is 2.29 bits per heavy atom. The van der Waals surface area contributed by atoms with E-state index in [1.54, 1.807) is 0 Å². The molecule has 3 heteroatoms. The Morgan fingerprint density at radius 1 is 1.53 bits per heavy atom. The zero-order chi connectivity index (χ0) is 12.5. The lowest BCUT2D eigenvalue weighted by atomic mass is 9.72. The van der Waals surface area contributed by atoms with Crippen molar-refractivity contribution in [2.45, 2.75) is 65.0 Å². The first-order chi connectivity index (χ1) is 8.06. The molecule has 0 aliphatic heterocycles. The van der Waals surface area contributed by atoms with Crippen molar-refractivity contribution in [2.24, 2.45) is 5.41 Å². The molecule has 0 bridgehead atoms. The second kappa shape index (κ2) is 4.81. The monoisotopic (exact) mass is 236 g/mol. The zero-order valence-corrected chi connectivity index (χ0v) is 11.2. The van der Waals surface area contributed by atoms with Crippen LogP contribution in [0, 0.1) is 5.41 Å². The first-order valence-corrected chi connectivity index (χ1v) is 6.76. The average molecular weight is 236 g/mol. The molecule has 17 heavy (non-hydrogen) atoms. The van der Waals surface area contributed by atoms with Crippen molar-refractivity contribution in [3.63, 3.8) is 0 Å². The molecule has 0 saturated heterocycles. The zero-order valence-electron chi connectivity index (χ0n) is 11.2. The number of aromatic nitrogens is 2. The van der Waals surface area contributed by atoms with Gasteiger partial charge in [0.05, 0.1) is 12.1 Å². The molecule has 1 aliphatic rings. The summed E-state index contributed by atoms with van der Waals surface area (Å²) in [7, 11) is 0. The normalized spacial score (nSPS) is 28.2. The van der Waals surface area contributed by atoms with Crippen molar-refractivity contribution in [1.29, 1.82) is 0 Å². The smallest absolute Gasteiger partial charge is 0.108 e. The van der Waals surface area contributed by atoms with E-state index >= 15 is 0 Å². The summed E-state index contributed by atoms with van der Waals surface area (Å²) in [5.41, 5.74) is 0.0245. The average Bonchev–Trinajstić information content (AvgIpc) is 2.71. The molecule has 3 nitrogen and oxygen atoms in total. The molecule has 0 radical (unpaired) electrons. The predicted molar refractivity (Wildman–Crippen MR) is 68.9 cm³/mol. The molecule has 0 spiro atoms. The molecular formula is C14H24N2O. The third kappa shape index (κ3) is 2.39. The Kier molecular flexibility index (Phi) is 3.57. The highest BCUT2D eigenvalue weighted by Gasteiger charge is 2.38. The number of aliphatic hydroxyl groups excluding tert-OH is 1. The fourth-order valence-corrected chi connectivity index (χ4v) is 2.95. The van der Waals surface area contributed by atoms with Crippen LogP contribution in [0.2, 0.25) is 0 Å². The number of aryl methyl sites for hydroxylation is 1. The van der Waals surface area contributed by atoms with Crippen LogP contribution >= 0.6 is 0 Å². The van der Waals surface area contributed by atoms with Crippen molar-refractivity contribution in [3.05, 3.63) is 18.2 Å². The number of rotatable bonds is 3. The molecule has 1 N–H and O–H groups in total. The van der Waals surface area contributed by atoms with E-state index in [1.165, 1.54) is 6.42 Å². The maximum Gasteiger partial charge on any atom is 0.108 e. The van der Waals surface area contributed by atoms with Crippen molar-refractivity contribution >= 4 is 0 Å². The van der Waals surface area contributed by atoms with Gasteiger partial charge in [-0.2, -0.15) is 0 Å². The van der Waals surface area contributed by atoms with Gasteiger partial charge < -0.3 is 9.67 Å². The summed E-state index contributed by atoms with van der Waals surface area (Å²) in [6, 6.07) is 0.211. The highest BCUT2D eigenvalue weighted by molar-refractivity contribution is 5.01. The van der Waals surface area contributed by atoms with Gasteiger partial charge in [0.15, 0.2) is 0 Å². The maximum atomic E-state index is 10.5. The number of nitrogens with zero attached hydrogens (tertiary/aromatic N) is 2. The first-order valence-electron chi connectivity index (χ1n) is 6.76. The molecule has 0 amide bonds. The van der Waals surface area contributed by atoms with Crippen molar-refractivity contribution in [1.82, 2.24) is 9.55 Å². The summed E-state index contributed by atoms with van der Waals surface area (Å²) in [5, 5.41) is 10.5. The molecule has 1 heterocycles. The summed E-state index contributed by atoms with van der Waals surface area (Å²) in [4.78, 5) is 4.42. The van der Waals surface area contributed by atoms with Gasteiger partial charge in [-0.25, -0.2) is 4.98 Å². The minimum atomic E-state index is -0.263. The first kappa shape index (κ1) is 12.6. The highest BCUT2D eigenvalue weighted by Crippen LogP contribution is 2.41. The molecule has 2 unspecified atom stereocenters. The van der Waals surface area contributed by atoms with Gasteiger partial charge >= 0.3 is 0 Å². The second-order valence-corrected chi connectivity index (χ2v) is 5.89. The van der Waals surface area contributed by atoms with Gasteiger partial charge in [0.25, 0.3) is 0 Å². The van der Waals surface area contributed by atoms with Crippen LogP contribution in [0.1, 0.15) is 58.3 Å². The van der Waals surface area contributed by atoms with Gasteiger partial charge in [0.1, 0.15) is 5.82 Å². The Hall–Kier alpha value is -0.830. The third-order valence-electron chi connectivity index (χ3n) is 4.07. The van der Waals surface area contributed by atoms with E-state index < -0.39 is 0 Å². The molecule has 1 fully saturated rings. The minimum absolute atomic E-state index is 0.0245. The van der Waals surface area contributed by atoms with E-state index in [0.29, 0.717) is 0 Å². The predicted octanol–water partition coefficient (Wildman–Crippen LogP) is 2.95. The molecular weight excluding hydrogens is 212 g/mol. The van der Waals surface area contributed by atoms with Crippen LogP contribution in [0.3, 0.4) is 0 Å². The Morgan fingerprint density at radius 3 is 3.00 bits per heavy atom. The summed E-state index contributed by atoms with van der Waals surface area (Å²) in [5.74, 6) is 1.12. The lowest BCUT2D eigenvalue weighted by Gasteiger charge is -2.41. The maximum absolute atomic E-state index is 10.5. The largest absolute Gasteiger partial charge is 0.390 e. The number of hydrogen-bond donors (Lipinski definition) is 1. The number of hydrogen-bond acceptors (Lipinski definition) is 2. The van der Waals surface area contributed by atoms with Gasteiger partial charge in [-0.05, 0) is 24.7 Å². The lowest BCUT2D eigenvalue weighted by molar-refractivity contribution is -0.0270. The summed E-state index contributed by atoms with van der Waals surface area (Å²) >= 11 is 0. The molecule has 0 aromatic carbocycles. The van der Waals surface area contributed by atoms with Crippen LogP contribution in [0.15, 0.2) is 12.4 Å². The van der Waals surface area contributed by atoms with Gasteiger partial charge in [0.2, 0.25) is 0 Å². The van der Waals surface area contributed by atoms with E-state index in [9.17, 15) is 5.11 Å². The van der Waals surface area contributed by atoms with E-state index in [0.717, 1.165) is 31.5 Å². The van der Waals surface area contributed by atoms with Crippen LogP contribution in [-0.4, -0.2) is 20.8 Å². The van der Waals surface area contributed by atoms with Crippen molar-refractivity contribution in [3.8, 4) is 0 Å². The quantitative estimate of drug-likeness (QED) is 0.876. The molecule has 1 aliphatic carbocycles. The van der Waals surface area contributed by atoms with Crippen LogP contribution in [0.25, 0.3) is 0 Å². The van der Waals surface area contributed by atoms with E-state index in [1.807, 2.05) is 12.4 Å². The van der Waals surface area contributed by atoms with Crippen molar-refractivity contribution in [2.75, 3.05) is 0 Å². The summed E-state index contributed by atoms with van der Waals surface area (Å²) in [6.07, 6.45) is 9.10. The Labute approximate surface area is 104 Å².